The lowest BCUT2D eigenvalue weighted by Crippen LogP contribution is -2.44. The number of carbonyl (C=O) groups is 2. The second-order valence-corrected chi connectivity index (χ2v) is 6.00. The molecule has 1 aliphatic rings. The number of benzene rings is 1. The van der Waals surface area contributed by atoms with Gasteiger partial charge < -0.3 is 15.3 Å². The van der Waals surface area contributed by atoms with Crippen LogP contribution in [-0.2, 0) is 9.59 Å². The molecule has 1 aliphatic heterocycles. The summed E-state index contributed by atoms with van der Waals surface area (Å²) >= 11 is 0. The predicted octanol–water partition coefficient (Wildman–Crippen LogP) is 0.914. The van der Waals surface area contributed by atoms with Crippen LogP contribution in [0.1, 0.15) is 24.4 Å². The summed E-state index contributed by atoms with van der Waals surface area (Å²) in [5, 5.41) is 20.1. The molecule has 1 aromatic heterocycles. The fourth-order valence-electron chi connectivity index (χ4n) is 3.07. The van der Waals surface area contributed by atoms with Crippen LogP contribution in [0.4, 0.5) is 0 Å². The maximum absolute atomic E-state index is 12.4. The minimum absolute atomic E-state index is 0.213. The minimum Gasteiger partial charge on any atom is -0.394 e. The Labute approximate surface area is 145 Å². The Balaban J connectivity index is 1.70. The van der Waals surface area contributed by atoms with E-state index in [1.54, 1.807) is 12.4 Å². The zero-order valence-electron chi connectivity index (χ0n) is 13.7. The van der Waals surface area contributed by atoms with Crippen LogP contribution < -0.4 is 5.32 Å². The first-order valence-corrected chi connectivity index (χ1v) is 8.22. The molecule has 2 atom stereocenters. The van der Waals surface area contributed by atoms with Gasteiger partial charge in [-0.25, -0.2) is 0 Å². The molecule has 7 heteroatoms. The molecule has 0 spiro atoms. The number of likely N-dealkylation sites (tertiary alicyclic amines) is 1. The van der Waals surface area contributed by atoms with Gasteiger partial charge in [0.05, 0.1) is 25.0 Å². The van der Waals surface area contributed by atoms with Gasteiger partial charge in [0.15, 0.2) is 0 Å². The van der Waals surface area contributed by atoms with Gasteiger partial charge in [0.25, 0.3) is 0 Å². The van der Waals surface area contributed by atoms with Gasteiger partial charge in [0.1, 0.15) is 6.04 Å². The Morgan fingerprint density at radius 3 is 2.72 bits per heavy atom. The van der Waals surface area contributed by atoms with E-state index >= 15 is 0 Å². The maximum Gasteiger partial charge on any atom is 0.243 e. The van der Waals surface area contributed by atoms with E-state index in [0.29, 0.717) is 19.4 Å². The van der Waals surface area contributed by atoms with E-state index in [0.717, 1.165) is 23.1 Å². The summed E-state index contributed by atoms with van der Waals surface area (Å²) < 4.78 is 0. The van der Waals surface area contributed by atoms with Crippen LogP contribution in [0.25, 0.3) is 11.1 Å². The molecule has 1 aromatic carbocycles. The molecule has 2 heterocycles. The quantitative estimate of drug-likeness (QED) is 0.762. The molecule has 130 valence electrons. The highest BCUT2D eigenvalue weighted by molar-refractivity contribution is 5.84. The summed E-state index contributed by atoms with van der Waals surface area (Å²) in [6, 6.07) is 8.45. The molecule has 1 fully saturated rings. The molecule has 2 N–H and O–H groups in total. The average molecular weight is 340 g/mol. The third-order valence-electron chi connectivity index (χ3n) is 4.46. The first-order chi connectivity index (χ1) is 12.2. The highest BCUT2D eigenvalue weighted by atomic mass is 16.3. The van der Waals surface area contributed by atoms with Crippen LogP contribution >= 0.6 is 0 Å². The molecule has 2 unspecified atom stereocenters. The Kier molecular flexibility index (Phi) is 5.35. The number of aliphatic hydroxyl groups is 1. The normalized spacial score (nSPS) is 18.0. The molecular formula is C18H20N4O3. The molecule has 1 saturated heterocycles. The summed E-state index contributed by atoms with van der Waals surface area (Å²) in [7, 11) is 0. The number of carbonyl (C=O) groups excluding carboxylic acids is 2. The van der Waals surface area contributed by atoms with Crippen molar-refractivity contribution >= 4 is 12.3 Å². The number of aromatic nitrogens is 2. The summed E-state index contributed by atoms with van der Waals surface area (Å²) in [4.78, 5) is 24.9. The number of amides is 2. The molecular weight excluding hydrogens is 320 g/mol. The van der Waals surface area contributed by atoms with Crippen LogP contribution in [0.2, 0.25) is 0 Å². The monoisotopic (exact) mass is 340 g/mol. The molecule has 0 saturated carbocycles. The topological polar surface area (TPSA) is 95.4 Å². The molecule has 0 bridgehead atoms. The second-order valence-electron chi connectivity index (χ2n) is 6.00. The van der Waals surface area contributed by atoms with E-state index in [1.807, 2.05) is 30.3 Å². The summed E-state index contributed by atoms with van der Waals surface area (Å²) in [6.07, 6.45) is 5.48. The smallest absolute Gasteiger partial charge is 0.243 e. The van der Waals surface area contributed by atoms with Gasteiger partial charge in [-0.2, -0.15) is 10.2 Å². The molecule has 3 rings (SSSR count). The van der Waals surface area contributed by atoms with Crippen molar-refractivity contribution in [3.63, 3.8) is 0 Å². The number of rotatable bonds is 6. The van der Waals surface area contributed by atoms with Crippen molar-refractivity contribution in [1.29, 1.82) is 0 Å². The van der Waals surface area contributed by atoms with E-state index in [1.165, 1.54) is 4.90 Å². The van der Waals surface area contributed by atoms with Crippen molar-refractivity contribution in [2.24, 2.45) is 0 Å². The van der Waals surface area contributed by atoms with Crippen molar-refractivity contribution in [3.8, 4) is 11.1 Å². The molecule has 2 aromatic rings. The van der Waals surface area contributed by atoms with Gasteiger partial charge in [0.2, 0.25) is 12.3 Å². The standard InChI is InChI=1S/C18H20N4O3/c23-11-16(21-18(25)17-2-1-9-22(17)12-24)14-5-3-13(4-6-14)15-7-8-19-20-10-15/h3-8,10,12,16-17,23H,1-2,9,11H2,(H,21,25). The zero-order valence-corrected chi connectivity index (χ0v) is 13.7. The van der Waals surface area contributed by atoms with Crippen LogP contribution in [0.3, 0.4) is 0 Å². The van der Waals surface area contributed by atoms with Gasteiger partial charge in [-0.3, -0.25) is 9.59 Å². The fourth-order valence-corrected chi connectivity index (χ4v) is 3.07. The lowest BCUT2D eigenvalue weighted by Gasteiger charge is -2.23. The average Bonchev–Trinajstić information content (AvgIpc) is 3.16. The van der Waals surface area contributed by atoms with Crippen molar-refractivity contribution in [1.82, 2.24) is 20.4 Å². The second kappa shape index (κ2) is 7.85. The highest BCUT2D eigenvalue weighted by Gasteiger charge is 2.30. The first-order valence-electron chi connectivity index (χ1n) is 8.22. The van der Waals surface area contributed by atoms with Crippen LogP contribution in [0.15, 0.2) is 42.7 Å². The fraction of sp³-hybridized carbons (Fsp3) is 0.333. The number of nitrogens with one attached hydrogen (secondary N) is 1. The van der Waals surface area contributed by atoms with Crippen LogP contribution in [0.5, 0.6) is 0 Å². The van der Waals surface area contributed by atoms with Gasteiger partial charge in [-0.1, -0.05) is 24.3 Å². The third kappa shape index (κ3) is 3.83. The minimum atomic E-state index is -0.508. The van der Waals surface area contributed by atoms with Crippen LogP contribution in [-0.4, -0.2) is 51.7 Å². The molecule has 0 radical (unpaired) electrons. The van der Waals surface area contributed by atoms with E-state index in [-0.39, 0.29) is 12.5 Å². The number of hydrogen-bond acceptors (Lipinski definition) is 5. The van der Waals surface area contributed by atoms with Crippen molar-refractivity contribution in [3.05, 3.63) is 48.3 Å². The van der Waals surface area contributed by atoms with Gasteiger partial charge in [0, 0.05) is 12.1 Å². The highest BCUT2D eigenvalue weighted by Crippen LogP contribution is 2.22. The van der Waals surface area contributed by atoms with Crippen LogP contribution in [0, 0.1) is 0 Å². The van der Waals surface area contributed by atoms with Crippen molar-refractivity contribution < 1.29 is 14.7 Å². The van der Waals surface area contributed by atoms with E-state index < -0.39 is 12.1 Å². The summed E-state index contributed by atoms with van der Waals surface area (Å²) in [5.41, 5.74) is 2.72. The SMILES string of the molecule is O=CN1CCCC1C(=O)NC(CO)c1ccc(-c2ccnnc2)cc1. The lowest BCUT2D eigenvalue weighted by molar-refractivity contribution is -0.131. The molecule has 7 nitrogen and oxygen atoms in total. The number of aliphatic hydroxyl groups excluding tert-OH is 1. The molecule has 0 aliphatic carbocycles. The summed E-state index contributed by atoms with van der Waals surface area (Å²) in [5.74, 6) is -0.230. The largest absolute Gasteiger partial charge is 0.394 e. The predicted molar refractivity (Wildman–Crippen MR) is 91.2 cm³/mol. The van der Waals surface area contributed by atoms with Gasteiger partial charge in [-0.15, -0.1) is 0 Å². The van der Waals surface area contributed by atoms with Gasteiger partial charge in [-0.05, 0) is 30.0 Å². The van der Waals surface area contributed by atoms with Crippen molar-refractivity contribution in [2.45, 2.75) is 24.9 Å². The lowest BCUT2D eigenvalue weighted by atomic mass is 10.0. The van der Waals surface area contributed by atoms with E-state index in [9.17, 15) is 14.7 Å². The van der Waals surface area contributed by atoms with Crippen molar-refractivity contribution in [2.75, 3.05) is 13.2 Å². The third-order valence-corrected chi connectivity index (χ3v) is 4.46. The Morgan fingerprint density at radius 2 is 2.08 bits per heavy atom. The Morgan fingerprint density at radius 1 is 1.28 bits per heavy atom. The summed E-state index contributed by atoms with van der Waals surface area (Å²) in [6.45, 7) is 0.385. The van der Waals surface area contributed by atoms with Gasteiger partial charge >= 0.3 is 0 Å². The molecule has 25 heavy (non-hydrogen) atoms. The first kappa shape index (κ1) is 17.0. The maximum atomic E-state index is 12.4. The van der Waals surface area contributed by atoms with E-state index in [2.05, 4.69) is 15.5 Å². The molecule has 2 amide bonds. The Bertz CT molecular complexity index is 721. The zero-order chi connectivity index (χ0) is 17.6. The number of nitrogens with zero attached hydrogens (tertiary/aromatic N) is 3. The Hall–Kier alpha value is -2.80. The number of hydrogen-bond donors (Lipinski definition) is 2. The van der Waals surface area contributed by atoms with E-state index in [4.69, 9.17) is 0 Å².